The minimum Gasteiger partial charge on any atom is -0.213 e. The van der Waals surface area contributed by atoms with Crippen molar-refractivity contribution in [3.05, 3.63) is 35.9 Å². The predicted octanol–water partition coefficient (Wildman–Crippen LogP) is 2.30. The zero-order chi connectivity index (χ0) is 9.19. The molecule has 0 atom stereocenters. The Morgan fingerprint density at radius 3 is 2.00 bits per heavy atom. The van der Waals surface area contributed by atoms with Gasteiger partial charge in [-0.3, -0.25) is 0 Å². The standard InChI is InChI=1S/C7H5F3NO/c8-11(9,10)7(12)6-4-2-1-3-5-6/h1-5H/q+1. The largest absolute Gasteiger partial charge is 0.466 e. The van der Waals surface area contributed by atoms with Crippen LogP contribution < -0.4 is 0 Å². The van der Waals surface area contributed by atoms with Gasteiger partial charge in [0.25, 0.3) is 0 Å². The summed E-state index contributed by atoms with van der Waals surface area (Å²) in [6, 6.07) is 6.54. The van der Waals surface area contributed by atoms with Crippen LogP contribution in [0.1, 0.15) is 10.4 Å². The van der Waals surface area contributed by atoms with Crippen LogP contribution >= 0.6 is 0 Å². The van der Waals surface area contributed by atoms with Crippen LogP contribution in [0.5, 0.6) is 0 Å². The van der Waals surface area contributed by atoms with Crippen LogP contribution in [0.25, 0.3) is 0 Å². The maximum atomic E-state index is 11.7. The lowest BCUT2D eigenvalue weighted by atomic mass is 10.2. The second kappa shape index (κ2) is 2.94. The Hall–Kier alpha value is -1.36. The topological polar surface area (TPSA) is 17.1 Å². The lowest BCUT2D eigenvalue weighted by Gasteiger charge is -1.96. The summed E-state index contributed by atoms with van der Waals surface area (Å²) in [6.45, 7) is 0. The fourth-order valence-corrected chi connectivity index (χ4v) is 0.727. The van der Waals surface area contributed by atoms with E-state index in [1.807, 2.05) is 0 Å². The van der Waals surface area contributed by atoms with Gasteiger partial charge in [-0.2, -0.15) is 0 Å². The van der Waals surface area contributed by atoms with Crippen LogP contribution in [-0.2, 0) is 0 Å². The molecule has 0 aliphatic heterocycles. The Balaban J connectivity index is 2.94. The third kappa shape index (κ3) is 1.82. The molecule has 0 unspecified atom stereocenters. The quantitative estimate of drug-likeness (QED) is 0.600. The molecule has 1 amide bonds. The summed E-state index contributed by atoms with van der Waals surface area (Å²) in [7, 11) is 0. The van der Waals surface area contributed by atoms with Crippen LogP contribution in [0.4, 0.5) is 13.4 Å². The lowest BCUT2D eigenvalue weighted by Crippen LogP contribution is -2.27. The molecule has 64 valence electrons. The molecule has 0 aliphatic rings. The van der Waals surface area contributed by atoms with Crippen LogP contribution in [-0.4, -0.2) is 11.1 Å². The van der Waals surface area contributed by atoms with E-state index in [1.54, 1.807) is 6.07 Å². The van der Waals surface area contributed by atoms with Gasteiger partial charge in [0.2, 0.25) is 0 Å². The van der Waals surface area contributed by atoms with Crippen molar-refractivity contribution < 1.29 is 23.4 Å². The smallest absolute Gasteiger partial charge is 0.213 e. The summed E-state index contributed by atoms with van der Waals surface area (Å²) in [6.07, 6.45) is 0. The van der Waals surface area contributed by atoms with Crippen molar-refractivity contribution in [1.82, 2.24) is 0 Å². The van der Waals surface area contributed by atoms with E-state index in [4.69, 9.17) is 0 Å². The Morgan fingerprint density at radius 1 is 1.08 bits per heavy atom. The van der Waals surface area contributed by atoms with Crippen molar-refractivity contribution in [2.24, 2.45) is 0 Å². The van der Waals surface area contributed by atoms with Gasteiger partial charge in [0.1, 0.15) is 0 Å². The molecule has 0 radical (unpaired) electrons. The second-order valence-corrected chi connectivity index (χ2v) is 2.12. The minimum absolute atomic E-state index is 0.356. The molecule has 0 saturated heterocycles. The Bertz CT molecular complexity index is 280. The SMILES string of the molecule is O=C(c1ccccc1)[N+](F)(F)F. The van der Waals surface area contributed by atoms with E-state index in [0.29, 0.717) is 0 Å². The Morgan fingerprint density at radius 2 is 1.58 bits per heavy atom. The lowest BCUT2D eigenvalue weighted by molar-refractivity contribution is -1.21. The van der Waals surface area contributed by atoms with Gasteiger partial charge in [0.15, 0.2) is 0 Å². The molecule has 0 saturated carbocycles. The maximum Gasteiger partial charge on any atom is 0.466 e. The molecule has 0 fully saturated rings. The fourth-order valence-electron chi connectivity index (χ4n) is 0.727. The van der Waals surface area contributed by atoms with E-state index in [0.717, 1.165) is 12.1 Å². The fraction of sp³-hybridized carbons (Fsp3) is 0. The summed E-state index contributed by atoms with van der Waals surface area (Å²) in [4.78, 5) is 10.5. The molecule has 12 heavy (non-hydrogen) atoms. The van der Waals surface area contributed by atoms with E-state index < -0.39 is 11.1 Å². The number of hydrogen-bond acceptors (Lipinski definition) is 1. The summed E-state index contributed by atoms with van der Waals surface area (Å²) >= 11 is 0. The van der Waals surface area contributed by atoms with Gasteiger partial charge < -0.3 is 0 Å². The van der Waals surface area contributed by atoms with Crippen LogP contribution in [0.15, 0.2) is 30.3 Å². The van der Waals surface area contributed by atoms with Crippen molar-refractivity contribution in [3.8, 4) is 0 Å². The zero-order valence-corrected chi connectivity index (χ0v) is 5.88. The molecule has 0 aliphatic carbocycles. The molecule has 0 bridgehead atoms. The average molecular weight is 176 g/mol. The highest BCUT2D eigenvalue weighted by atomic mass is 19.6. The van der Waals surface area contributed by atoms with Crippen molar-refractivity contribution in [2.45, 2.75) is 0 Å². The Kier molecular flexibility index (Phi) is 2.14. The molecule has 1 aromatic carbocycles. The molecule has 2 nitrogen and oxygen atoms in total. The third-order valence-electron chi connectivity index (χ3n) is 1.25. The highest BCUT2D eigenvalue weighted by molar-refractivity contribution is 5.87. The number of amides is 1. The number of nitrogens with zero attached hydrogens (tertiary/aromatic N) is 1. The number of hydrogen-bond donors (Lipinski definition) is 0. The van der Waals surface area contributed by atoms with Crippen molar-refractivity contribution in [2.75, 3.05) is 0 Å². The van der Waals surface area contributed by atoms with Crippen molar-refractivity contribution in [1.29, 1.82) is 0 Å². The normalized spacial score (nSPS) is 11.2. The Labute approximate surface area is 66.2 Å². The van der Waals surface area contributed by atoms with Gasteiger partial charge in [-0.1, -0.05) is 18.2 Å². The number of rotatable bonds is 1. The van der Waals surface area contributed by atoms with Crippen molar-refractivity contribution in [3.63, 3.8) is 0 Å². The zero-order valence-electron chi connectivity index (χ0n) is 5.88. The number of benzene rings is 1. The molecule has 0 spiro atoms. The van der Waals surface area contributed by atoms with Crippen molar-refractivity contribution >= 4 is 5.91 Å². The van der Waals surface area contributed by atoms with E-state index in [9.17, 15) is 18.2 Å². The molecule has 5 heteroatoms. The minimum atomic E-state index is -4.16. The van der Waals surface area contributed by atoms with E-state index in [-0.39, 0.29) is 5.56 Å². The van der Waals surface area contributed by atoms with Gasteiger partial charge in [-0.05, 0) is 12.1 Å². The molecular weight excluding hydrogens is 171 g/mol. The first kappa shape index (κ1) is 8.73. The summed E-state index contributed by atoms with van der Waals surface area (Å²) in [5.74, 6) is -1.87. The first-order chi connectivity index (χ1) is 5.52. The van der Waals surface area contributed by atoms with E-state index in [2.05, 4.69) is 0 Å². The molecule has 1 rings (SSSR count). The van der Waals surface area contributed by atoms with E-state index in [1.165, 1.54) is 12.1 Å². The summed E-state index contributed by atoms with van der Waals surface area (Å²) in [5.41, 5.74) is -0.356. The number of carbonyl (C=O) groups is 1. The van der Waals surface area contributed by atoms with Gasteiger partial charge >= 0.3 is 11.1 Å². The van der Waals surface area contributed by atoms with Crippen LogP contribution in [0, 0.1) is 0 Å². The monoisotopic (exact) mass is 176 g/mol. The van der Waals surface area contributed by atoms with Gasteiger partial charge in [0, 0.05) is 0 Å². The molecule has 0 heterocycles. The van der Waals surface area contributed by atoms with E-state index >= 15 is 0 Å². The predicted molar refractivity (Wildman–Crippen MR) is 34.4 cm³/mol. The summed E-state index contributed by atoms with van der Waals surface area (Å²) < 4.78 is 35.2. The van der Waals surface area contributed by atoms with Crippen LogP contribution in [0.3, 0.4) is 0 Å². The van der Waals surface area contributed by atoms with Gasteiger partial charge in [-0.15, -0.1) is 0 Å². The summed E-state index contributed by atoms with van der Waals surface area (Å²) in [5, 5.41) is -4.16. The van der Waals surface area contributed by atoms with Gasteiger partial charge in [-0.25, -0.2) is 4.79 Å². The van der Waals surface area contributed by atoms with Crippen LogP contribution in [0.2, 0.25) is 0 Å². The molecule has 0 N–H and O–H groups in total. The highest BCUT2D eigenvalue weighted by Crippen LogP contribution is 2.16. The average Bonchev–Trinajstić information content (AvgIpc) is 2.03. The highest BCUT2D eigenvalue weighted by Gasteiger charge is 2.44. The molecule has 0 aromatic heterocycles. The first-order valence-electron chi connectivity index (χ1n) is 3.10. The molecular formula is C7H5F3NO+. The van der Waals surface area contributed by atoms with Gasteiger partial charge in [0.05, 0.1) is 19.0 Å². The first-order valence-corrected chi connectivity index (χ1v) is 3.10. The maximum absolute atomic E-state index is 11.7. The number of quaternary nitrogens is 1. The number of carbonyl (C=O) groups excluding carboxylic acids is 1. The third-order valence-corrected chi connectivity index (χ3v) is 1.25. The molecule has 1 aromatic rings. The number of halogens is 3. The second-order valence-electron chi connectivity index (χ2n) is 2.12.